The molecule has 2 rings (SSSR count). The molecule has 0 unspecified atom stereocenters. The normalized spacial score (nSPS) is 11.6. The van der Waals surface area contributed by atoms with Crippen molar-refractivity contribution >= 4 is 15.9 Å². The van der Waals surface area contributed by atoms with Gasteiger partial charge in [0.15, 0.2) is 0 Å². The minimum Gasteiger partial charge on any atom is -0.340 e. The van der Waals surface area contributed by atoms with Gasteiger partial charge in [0, 0.05) is 51.3 Å². The van der Waals surface area contributed by atoms with Gasteiger partial charge in [0.2, 0.25) is 15.9 Å². The van der Waals surface area contributed by atoms with Gasteiger partial charge in [0.1, 0.15) is 6.54 Å². The Hall–Kier alpha value is -2.52. The predicted molar refractivity (Wildman–Crippen MR) is 102 cm³/mol. The van der Waals surface area contributed by atoms with Crippen molar-refractivity contribution in [3.63, 3.8) is 0 Å². The molecule has 2 heterocycles. The number of nitrogens with zero attached hydrogens (tertiary/aromatic N) is 4. The Morgan fingerprint density at radius 2 is 1.74 bits per heavy atom. The smallest absolute Gasteiger partial charge is 0.251 e. The van der Waals surface area contributed by atoms with E-state index < -0.39 is 15.6 Å². The van der Waals surface area contributed by atoms with Crippen molar-refractivity contribution in [2.75, 3.05) is 20.1 Å². The van der Waals surface area contributed by atoms with Crippen LogP contribution in [-0.4, -0.2) is 53.2 Å². The molecule has 0 atom stereocenters. The molecule has 146 valence electrons. The van der Waals surface area contributed by atoms with E-state index in [0.29, 0.717) is 19.6 Å². The van der Waals surface area contributed by atoms with Crippen LogP contribution in [-0.2, 0) is 27.9 Å². The second-order valence-corrected chi connectivity index (χ2v) is 7.96. The average Bonchev–Trinajstić information content (AvgIpc) is 2.64. The van der Waals surface area contributed by atoms with E-state index in [4.69, 9.17) is 0 Å². The summed E-state index contributed by atoms with van der Waals surface area (Å²) in [5, 5.41) is 0. The fourth-order valence-electron chi connectivity index (χ4n) is 2.61. The van der Waals surface area contributed by atoms with Crippen molar-refractivity contribution in [2.45, 2.75) is 31.8 Å². The van der Waals surface area contributed by atoms with Crippen molar-refractivity contribution in [1.82, 2.24) is 18.8 Å². The van der Waals surface area contributed by atoms with Gasteiger partial charge in [0.25, 0.3) is 5.56 Å². The Balaban J connectivity index is 2.21. The SMILES string of the molecule is CCN(CC)S(=O)(=O)c1ccc(=O)n(CC(=O)N(C)Cc2ccncc2)c1. The molecule has 0 aliphatic carbocycles. The Morgan fingerprint density at radius 1 is 1.11 bits per heavy atom. The zero-order valence-corrected chi connectivity index (χ0v) is 16.5. The predicted octanol–water partition coefficient (Wildman–Crippen LogP) is 0.932. The average molecular weight is 392 g/mol. The standard InChI is InChI=1S/C18H24N4O4S/c1-4-22(5-2)27(25,26)16-6-7-17(23)21(13-16)14-18(24)20(3)12-15-8-10-19-11-9-15/h6-11,13H,4-5,12,14H2,1-3H3. The highest BCUT2D eigenvalue weighted by molar-refractivity contribution is 7.89. The van der Waals surface area contributed by atoms with Gasteiger partial charge < -0.3 is 9.47 Å². The van der Waals surface area contributed by atoms with Crippen LogP contribution in [0, 0.1) is 0 Å². The lowest BCUT2D eigenvalue weighted by atomic mass is 10.2. The first kappa shape index (κ1) is 20.8. The third-order valence-electron chi connectivity index (χ3n) is 4.20. The third-order valence-corrected chi connectivity index (χ3v) is 6.23. The van der Waals surface area contributed by atoms with E-state index in [9.17, 15) is 18.0 Å². The number of carbonyl (C=O) groups is 1. The highest BCUT2D eigenvalue weighted by Gasteiger charge is 2.23. The van der Waals surface area contributed by atoms with Gasteiger partial charge in [0.05, 0.1) is 4.90 Å². The van der Waals surface area contributed by atoms with Crippen molar-refractivity contribution in [1.29, 1.82) is 0 Å². The van der Waals surface area contributed by atoms with Crippen LogP contribution in [0.1, 0.15) is 19.4 Å². The minimum atomic E-state index is -3.70. The van der Waals surface area contributed by atoms with Crippen molar-refractivity contribution in [3.05, 3.63) is 58.8 Å². The van der Waals surface area contributed by atoms with Crippen LogP contribution in [0.2, 0.25) is 0 Å². The zero-order valence-electron chi connectivity index (χ0n) is 15.7. The third kappa shape index (κ3) is 5.01. The lowest BCUT2D eigenvalue weighted by Crippen LogP contribution is -2.35. The second-order valence-electron chi connectivity index (χ2n) is 6.03. The van der Waals surface area contributed by atoms with E-state index >= 15 is 0 Å². The highest BCUT2D eigenvalue weighted by Crippen LogP contribution is 2.13. The van der Waals surface area contributed by atoms with Gasteiger partial charge in [-0.3, -0.25) is 14.6 Å². The van der Waals surface area contributed by atoms with E-state index in [-0.39, 0.29) is 17.3 Å². The molecular formula is C18H24N4O4S. The summed E-state index contributed by atoms with van der Waals surface area (Å²) in [5.41, 5.74) is 0.477. The fraction of sp³-hybridized carbons (Fsp3) is 0.389. The van der Waals surface area contributed by atoms with E-state index in [1.54, 1.807) is 45.4 Å². The Morgan fingerprint density at radius 3 is 2.33 bits per heavy atom. The van der Waals surface area contributed by atoms with E-state index in [1.165, 1.54) is 27.5 Å². The lowest BCUT2D eigenvalue weighted by Gasteiger charge is -2.20. The fourth-order valence-corrected chi connectivity index (χ4v) is 4.09. The van der Waals surface area contributed by atoms with Gasteiger partial charge in [-0.25, -0.2) is 8.42 Å². The molecule has 0 saturated heterocycles. The Bertz CT molecular complexity index is 937. The number of hydrogen-bond donors (Lipinski definition) is 0. The summed E-state index contributed by atoms with van der Waals surface area (Å²) in [6, 6.07) is 6.05. The Kier molecular flexibility index (Phi) is 6.86. The van der Waals surface area contributed by atoms with Crippen LogP contribution in [0.25, 0.3) is 0 Å². The van der Waals surface area contributed by atoms with Crippen LogP contribution in [0.4, 0.5) is 0 Å². The summed E-state index contributed by atoms with van der Waals surface area (Å²) < 4.78 is 27.7. The molecule has 9 heteroatoms. The summed E-state index contributed by atoms with van der Waals surface area (Å²) in [5.74, 6) is -0.300. The molecule has 0 N–H and O–H groups in total. The summed E-state index contributed by atoms with van der Waals surface area (Å²) in [4.78, 5) is 30.0. The number of likely N-dealkylation sites (N-methyl/N-ethyl adjacent to an activating group) is 1. The zero-order chi connectivity index (χ0) is 20.0. The summed E-state index contributed by atoms with van der Waals surface area (Å²) >= 11 is 0. The molecular weight excluding hydrogens is 368 g/mol. The second kappa shape index (κ2) is 8.92. The van der Waals surface area contributed by atoms with Crippen molar-refractivity contribution < 1.29 is 13.2 Å². The van der Waals surface area contributed by atoms with E-state index in [0.717, 1.165) is 10.1 Å². The van der Waals surface area contributed by atoms with Gasteiger partial charge in [-0.2, -0.15) is 4.31 Å². The summed E-state index contributed by atoms with van der Waals surface area (Å²) in [7, 11) is -2.07. The number of carbonyl (C=O) groups excluding carboxylic acids is 1. The number of rotatable bonds is 8. The molecule has 0 aliphatic rings. The molecule has 27 heavy (non-hydrogen) atoms. The molecule has 0 radical (unpaired) electrons. The number of hydrogen-bond acceptors (Lipinski definition) is 5. The molecule has 2 aromatic rings. The van der Waals surface area contributed by atoms with Crippen molar-refractivity contribution in [3.8, 4) is 0 Å². The monoisotopic (exact) mass is 392 g/mol. The minimum absolute atomic E-state index is 0.00427. The van der Waals surface area contributed by atoms with Crippen LogP contribution in [0.15, 0.2) is 52.5 Å². The maximum Gasteiger partial charge on any atom is 0.251 e. The van der Waals surface area contributed by atoms with E-state index in [2.05, 4.69) is 4.98 Å². The molecule has 0 spiro atoms. The quantitative estimate of drug-likeness (QED) is 0.666. The summed E-state index contributed by atoms with van der Waals surface area (Å²) in [6.07, 6.45) is 4.51. The maximum absolute atomic E-state index is 12.6. The van der Waals surface area contributed by atoms with E-state index in [1.807, 2.05) is 0 Å². The molecule has 0 aliphatic heterocycles. The highest BCUT2D eigenvalue weighted by atomic mass is 32.2. The van der Waals surface area contributed by atoms with Gasteiger partial charge in [-0.1, -0.05) is 13.8 Å². The summed E-state index contributed by atoms with van der Waals surface area (Å²) in [6.45, 7) is 4.27. The first-order chi connectivity index (χ1) is 12.8. The van der Waals surface area contributed by atoms with Gasteiger partial charge in [-0.15, -0.1) is 0 Å². The maximum atomic E-state index is 12.6. The molecule has 2 aromatic heterocycles. The molecule has 0 aromatic carbocycles. The molecule has 8 nitrogen and oxygen atoms in total. The molecule has 1 amide bonds. The topological polar surface area (TPSA) is 92.6 Å². The number of pyridine rings is 2. The van der Waals surface area contributed by atoms with Crippen LogP contribution >= 0.6 is 0 Å². The molecule has 0 fully saturated rings. The first-order valence-corrected chi connectivity index (χ1v) is 10.1. The van der Waals surface area contributed by atoms with Gasteiger partial charge >= 0.3 is 0 Å². The Labute approximate surface area is 159 Å². The van der Waals surface area contributed by atoms with Crippen LogP contribution in [0.3, 0.4) is 0 Å². The number of sulfonamides is 1. The van der Waals surface area contributed by atoms with Crippen LogP contribution < -0.4 is 5.56 Å². The van der Waals surface area contributed by atoms with Crippen LogP contribution in [0.5, 0.6) is 0 Å². The molecule has 0 saturated carbocycles. The first-order valence-electron chi connectivity index (χ1n) is 8.63. The van der Waals surface area contributed by atoms with Gasteiger partial charge in [-0.05, 0) is 23.8 Å². The largest absolute Gasteiger partial charge is 0.340 e. The van der Waals surface area contributed by atoms with Crippen molar-refractivity contribution in [2.24, 2.45) is 0 Å². The number of amides is 1. The number of aromatic nitrogens is 2. The lowest BCUT2D eigenvalue weighted by molar-refractivity contribution is -0.131. The molecule has 0 bridgehead atoms.